The fourth-order valence-electron chi connectivity index (χ4n) is 1.04. The van der Waals surface area contributed by atoms with Gasteiger partial charge in [0.2, 0.25) is 0 Å². The van der Waals surface area contributed by atoms with Crippen molar-refractivity contribution in [1.29, 1.82) is 0 Å². The van der Waals surface area contributed by atoms with E-state index >= 15 is 0 Å². The maximum absolute atomic E-state index is 9.42. The highest BCUT2D eigenvalue weighted by Crippen LogP contribution is 2.07. The Balaban J connectivity index is 4.13. The normalized spacial score (nSPS) is 20.1. The molecule has 0 aromatic heterocycles. The van der Waals surface area contributed by atoms with E-state index in [4.69, 9.17) is 9.84 Å². The standard InChI is InChI=1S/C8H18O6/c1-13-4-5(10)7(11)8(12)6(3-9)14-2/h5-12H,3-4H2,1-2H3. The first-order valence-electron chi connectivity index (χ1n) is 4.25. The van der Waals surface area contributed by atoms with Crippen LogP contribution in [0.1, 0.15) is 0 Å². The number of hydrogen-bond donors (Lipinski definition) is 4. The quantitative estimate of drug-likeness (QED) is 0.378. The van der Waals surface area contributed by atoms with Crippen LogP contribution in [0.3, 0.4) is 0 Å². The van der Waals surface area contributed by atoms with Crippen LogP contribution in [-0.2, 0) is 9.47 Å². The summed E-state index contributed by atoms with van der Waals surface area (Å²) >= 11 is 0. The predicted octanol–water partition coefficient (Wildman–Crippen LogP) is -2.28. The fourth-order valence-corrected chi connectivity index (χ4v) is 1.04. The summed E-state index contributed by atoms with van der Waals surface area (Å²) in [5.74, 6) is 0. The molecule has 0 aromatic carbocycles. The van der Waals surface area contributed by atoms with Gasteiger partial charge in [0, 0.05) is 14.2 Å². The van der Waals surface area contributed by atoms with Crippen molar-refractivity contribution in [3.63, 3.8) is 0 Å². The third-order valence-corrected chi connectivity index (χ3v) is 1.95. The average molecular weight is 210 g/mol. The van der Waals surface area contributed by atoms with Crippen molar-refractivity contribution in [2.75, 3.05) is 27.4 Å². The Labute approximate surface area is 82.7 Å². The van der Waals surface area contributed by atoms with Crippen molar-refractivity contribution in [3.8, 4) is 0 Å². The van der Waals surface area contributed by atoms with Crippen LogP contribution < -0.4 is 0 Å². The molecule has 4 unspecified atom stereocenters. The topological polar surface area (TPSA) is 99.4 Å². The van der Waals surface area contributed by atoms with Gasteiger partial charge in [0.15, 0.2) is 0 Å². The molecule has 0 saturated heterocycles. The molecule has 86 valence electrons. The Morgan fingerprint density at radius 1 is 1.07 bits per heavy atom. The monoisotopic (exact) mass is 210 g/mol. The van der Waals surface area contributed by atoms with E-state index < -0.39 is 31.0 Å². The van der Waals surface area contributed by atoms with Gasteiger partial charge in [-0.05, 0) is 0 Å². The van der Waals surface area contributed by atoms with E-state index in [9.17, 15) is 15.3 Å². The zero-order chi connectivity index (χ0) is 11.1. The van der Waals surface area contributed by atoms with E-state index in [1.54, 1.807) is 0 Å². The minimum absolute atomic E-state index is 0.0971. The van der Waals surface area contributed by atoms with Gasteiger partial charge in [-0.2, -0.15) is 0 Å². The molecule has 4 N–H and O–H groups in total. The van der Waals surface area contributed by atoms with E-state index in [2.05, 4.69) is 4.74 Å². The van der Waals surface area contributed by atoms with Crippen LogP contribution in [0.2, 0.25) is 0 Å². The Bertz CT molecular complexity index is 138. The highest BCUT2D eigenvalue weighted by atomic mass is 16.5. The Hall–Kier alpha value is -0.240. The molecule has 0 aliphatic rings. The van der Waals surface area contributed by atoms with Crippen molar-refractivity contribution in [1.82, 2.24) is 0 Å². The zero-order valence-electron chi connectivity index (χ0n) is 8.33. The van der Waals surface area contributed by atoms with Crippen LogP contribution in [0.25, 0.3) is 0 Å². The molecule has 0 fully saturated rings. The first-order chi connectivity index (χ1) is 6.58. The molecular formula is C8H18O6. The van der Waals surface area contributed by atoms with E-state index in [1.807, 2.05) is 0 Å². The van der Waals surface area contributed by atoms with Crippen LogP contribution >= 0.6 is 0 Å². The van der Waals surface area contributed by atoms with Gasteiger partial charge in [0.1, 0.15) is 24.4 Å². The van der Waals surface area contributed by atoms with Gasteiger partial charge in [0.05, 0.1) is 13.2 Å². The highest BCUT2D eigenvalue weighted by molar-refractivity contribution is 4.81. The second-order valence-electron chi connectivity index (χ2n) is 2.96. The van der Waals surface area contributed by atoms with Gasteiger partial charge >= 0.3 is 0 Å². The van der Waals surface area contributed by atoms with Crippen molar-refractivity contribution in [2.45, 2.75) is 24.4 Å². The van der Waals surface area contributed by atoms with Crippen molar-refractivity contribution >= 4 is 0 Å². The molecule has 4 atom stereocenters. The van der Waals surface area contributed by atoms with Crippen molar-refractivity contribution < 1.29 is 29.9 Å². The van der Waals surface area contributed by atoms with Crippen LogP contribution in [0.5, 0.6) is 0 Å². The zero-order valence-corrected chi connectivity index (χ0v) is 8.33. The van der Waals surface area contributed by atoms with Gasteiger partial charge < -0.3 is 29.9 Å². The van der Waals surface area contributed by atoms with Crippen LogP contribution in [0.4, 0.5) is 0 Å². The Morgan fingerprint density at radius 2 is 1.64 bits per heavy atom. The lowest BCUT2D eigenvalue weighted by atomic mass is 10.0. The maximum Gasteiger partial charge on any atom is 0.111 e. The van der Waals surface area contributed by atoms with E-state index in [-0.39, 0.29) is 6.61 Å². The summed E-state index contributed by atoms with van der Waals surface area (Å²) in [6.45, 7) is -0.533. The van der Waals surface area contributed by atoms with Crippen LogP contribution in [0, 0.1) is 0 Å². The molecular weight excluding hydrogens is 192 g/mol. The number of methoxy groups -OCH3 is 2. The summed E-state index contributed by atoms with van der Waals surface area (Å²) in [6.07, 6.45) is -4.89. The summed E-state index contributed by atoms with van der Waals surface area (Å²) in [5.41, 5.74) is 0. The lowest BCUT2D eigenvalue weighted by Crippen LogP contribution is -2.47. The molecule has 6 heteroatoms. The van der Waals surface area contributed by atoms with Gasteiger partial charge in [-0.15, -0.1) is 0 Å². The first kappa shape index (κ1) is 13.8. The van der Waals surface area contributed by atoms with Crippen molar-refractivity contribution in [3.05, 3.63) is 0 Å². The fraction of sp³-hybridized carbons (Fsp3) is 1.00. The minimum atomic E-state index is -1.41. The number of aliphatic hydroxyl groups excluding tert-OH is 4. The molecule has 0 bridgehead atoms. The summed E-state index contributed by atoms with van der Waals surface area (Å²) in [7, 11) is 2.65. The molecule has 0 radical (unpaired) electrons. The molecule has 0 rings (SSSR count). The van der Waals surface area contributed by atoms with Gasteiger partial charge in [-0.1, -0.05) is 0 Å². The van der Waals surface area contributed by atoms with Gasteiger partial charge in [-0.3, -0.25) is 0 Å². The Kier molecular flexibility index (Phi) is 6.98. The molecule has 0 aliphatic heterocycles. The highest BCUT2D eigenvalue weighted by Gasteiger charge is 2.30. The summed E-state index contributed by atoms with van der Waals surface area (Å²) < 4.78 is 9.30. The molecule has 0 amide bonds. The molecule has 0 aromatic rings. The number of ether oxygens (including phenoxy) is 2. The number of aliphatic hydroxyl groups is 4. The molecule has 14 heavy (non-hydrogen) atoms. The third kappa shape index (κ3) is 3.87. The SMILES string of the molecule is COCC(O)C(O)C(O)C(CO)OC. The lowest BCUT2D eigenvalue weighted by Gasteiger charge is -2.27. The second kappa shape index (κ2) is 7.10. The van der Waals surface area contributed by atoms with Gasteiger partial charge in [-0.25, -0.2) is 0 Å². The molecule has 0 saturated carbocycles. The number of rotatable bonds is 7. The first-order valence-corrected chi connectivity index (χ1v) is 4.25. The predicted molar refractivity (Wildman–Crippen MR) is 47.8 cm³/mol. The average Bonchev–Trinajstić information content (AvgIpc) is 2.18. The maximum atomic E-state index is 9.42. The molecule has 0 aliphatic carbocycles. The lowest BCUT2D eigenvalue weighted by molar-refractivity contribution is -0.134. The van der Waals surface area contributed by atoms with Crippen molar-refractivity contribution in [2.24, 2.45) is 0 Å². The summed E-state index contributed by atoms with van der Waals surface area (Å²) in [5, 5.41) is 36.8. The van der Waals surface area contributed by atoms with E-state index in [0.717, 1.165) is 0 Å². The van der Waals surface area contributed by atoms with E-state index in [0.29, 0.717) is 0 Å². The second-order valence-corrected chi connectivity index (χ2v) is 2.96. The Morgan fingerprint density at radius 3 is 2.00 bits per heavy atom. The van der Waals surface area contributed by atoms with Crippen LogP contribution in [0.15, 0.2) is 0 Å². The van der Waals surface area contributed by atoms with Gasteiger partial charge in [0.25, 0.3) is 0 Å². The molecule has 0 heterocycles. The largest absolute Gasteiger partial charge is 0.394 e. The molecule has 6 nitrogen and oxygen atoms in total. The smallest absolute Gasteiger partial charge is 0.111 e. The summed E-state index contributed by atoms with van der Waals surface area (Å²) in [6, 6.07) is 0. The van der Waals surface area contributed by atoms with Crippen LogP contribution in [-0.4, -0.2) is 72.3 Å². The third-order valence-electron chi connectivity index (χ3n) is 1.95. The minimum Gasteiger partial charge on any atom is -0.394 e. The molecule has 0 spiro atoms. The summed E-state index contributed by atoms with van der Waals surface area (Å²) in [4.78, 5) is 0. The van der Waals surface area contributed by atoms with E-state index in [1.165, 1.54) is 14.2 Å². The number of hydrogen-bond acceptors (Lipinski definition) is 6.